The van der Waals surface area contributed by atoms with Gasteiger partial charge in [0.05, 0.1) is 6.61 Å². The van der Waals surface area contributed by atoms with E-state index in [1.165, 1.54) is 0 Å². The Kier molecular flexibility index (Phi) is 8.51. The maximum atomic E-state index is 13.5. The van der Waals surface area contributed by atoms with E-state index in [1.54, 1.807) is 26.1 Å². The fourth-order valence-electron chi connectivity index (χ4n) is 1.82. The molecule has 0 unspecified atom stereocenters. The molecule has 1 rings (SSSR count). The van der Waals surface area contributed by atoms with E-state index in [1.807, 2.05) is 6.07 Å². The van der Waals surface area contributed by atoms with Crippen LogP contribution in [0.25, 0.3) is 0 Å². The Morgan fingerprint density at radius 2 is 2.05 bits per heavy atom. The molecule has 0 aromatic heterocycles. The molecular formula is C17H28FN3O. The number of nitrogens with zero attached hydrogens (tertiary/aromatic N) is 1. The monoisotopic (exact) mass is 309 g/mol. The van der Waals surface area contributed by atoms with E-state index in [2.05, 4.69) is 29.5 Å². The number of nitrogens with one attached hydrogen (secondary N) is 2. The van der Waals surface area contributed by atoms with Crippen molar-refractivity contribution >= 4 is 5.96 Å². The van der Waals surface area contributed by atoms with Crippen LogP contribution in [0, 0.1) is 18.7 Å². The predicted molar refractivity (Wildman–Crippen MR) is 89.6 cm³/mol. The van der Waals surface area contributed by atoms with Gasteiger partial charge in [0, 0.05) is 26.7 Å². The second-order valence-electron chi connectivity index (χ2n) is 5.73. The zero-order valence-corrected chi connectivity index (χ0v) is 14.1. The Morgan fingerprint density at radius 1 is 1.27 bits per heavy atom. The second-order valence-corrected chi connectivity index (χ2v) is 5.73. The number of guanidine groups is 1. The van der Waals surface area contributed by atoms with Crippen LogP contribution in [0.3, 0.4) is 0 Å². The molecule has 0 heterocycles. The molecule has 0 aliphatic rings. The van der Waals surface area contributed by atoms with Crippen LogP contribution >= 0.6 is 0 Å². The van der Waals surface area contributed by atoms with Gasteiger partial charge in [-0.05, 0) is 36.5 Å². The van der Waals surface area contributed by atoms with Gasteiger partial charge in [-0.3, -0.25) is 4.99 Å². The van der Waals surface area contributed by atoms with Gasteiger partial charge in [0.1, 0.15) is 5.82 Å². The highest BCUT2D eigenvalue weighted by atomic mass is 19.1. The van der Waals surface area contributed by atoms with Gasteiger partial charge >= 0.3 is 0 Å². The molecule has 4 nitrogen and oxygen atoms in total. The number of ether oxygens (including phenoxy) is 1. The lowest BCUT2D eigenvalue weighted by Crippen LogP contribution is -2.38. The van der Waals surface area contributed by atoms with Gasteiger partial charge in [-0.25, -0.2) is 4.39 Å². The van der Waals surface area contributed by atoms with Crippen molar-refractivity contribution in [3.05, 3.63) is 35.1 Å². The molecule has 0 saturated carbocycles. The predicted octanol–water partition coefficient (Wildman–Crippen LogP) is 2.86. The van der Waals surface area contributed by atoms with E-state index in [4.69, 9.17) is 4.74 Å². The third-order valence-electron chi connectivity index (χ3n) is 3.30. The number of benzene rings is 1. The lowest BCUT2D eigenvalue weighted by atomic mass is 10.1. The smallest absolute Gasteiger partial charge is 0.191 e. The minimum atomic E-state index is -0.180. The van der Waals surface area contributed by atoms with Gasteiger partial charge in [-0.1, -0.05) is 26.0 Å². The van der Waals surface area contributed by atoms with Gasteiger partial charge in [-0.15, -0.1) is 0 Å². The Labute approximate surface area is 133 Å². The Bertz CT molecular complexity index is 475. The molecule has 0 spiro atoms. The van der Waals surface area contributed by atoms with E-state index >= 15 is 0 Å². The molecule has 0 radical (unpaired) electrons. The summed E-state index contributed by atoms with van der Waals surface area (Å²) in [5, 5.41) is 6.33. The summed E-state index contributed by atoms with van der Waals surface area (Å²) in [4.78, 5) is 4.13. The minimum Gasteiger partial charge on any atom is -0.380 e. The molecule has 0 fully saturated rings. The largest absolute Gasteiger partial charge is 0.380 e. The van der Waals surface area contributed by atoms with Crippen LogP contribution in [-0.2, 0) is 11.3 Å². The highest BCUT2D eigenvalue weighted by Gasteiger charge is 2.01. The van der Waals surface area contributed by atoms with Crippen LogP contribution in [-0.4, -0.2) is 32.8 Å². The first-order valence-electron chi connectivity index (χ1n) is 7.80. The molecule has 0 amide bonds. The number of aryl methyl sites for hydroxylation is 1. The number of aliphatic imine (C=N–C) groups is 1. The molecular weight excluding hydrogens is 281 g/mol. The molecule has 0 aliphatic carbocycles. The molecule has 0 atom stereocenters. The first-order valence-corrected chi connectivity index (χ1v) is 7.80. The van der Waals surface area contributed by atoms with Crippen LogP contribution in [0.4, 0.5) is 4.39 Å². The first kappa shape index (κ1) is 18.4. The first-order chi connectivity index (χ1) is 10.5. The third-order valence-corrected chi connectivity index (χ3v) is 3.30. The Hall–Kier alpha value is -1.62. The van der Waals surface area contributed by atoms with Gasteiger partial charge in [0.25, 0.3) is 0 Å². The maximum Gasteiger partial charge on any atom is 0.191 e. The standard InChI is InChI=1S/C17H28FN3O/c1-13(2)7-9-22-10-8-20-17(19-4)21-12-15-6-5-14(3)16(18)11-15/h5-6,11,13H,7-10,12H2,1-4H3,(H2,19,20,21). The number of hydrogen-bond acceptors (Lipinski definition) is 2. The van der Waals surface area contributed by atoms with Crippen molar-refractivity contribution in [1.29, 1.82) is 0 Å². The zero-order chi connectivity index (χ0) is 16.4. The molecule has 0 saturated heterocycles. The van der Waals surface area contributed by atoms with Crippen molar-refractivity contribution in [2.45, 2.75) is 33.7 Å². The molecule has 0 aliphatic heterocycles. The second kappa shape index (κ2) is 10.2. The summed E-state index contributed by atoms with van der Waals surface area (Å²) in [7, 11) is 1.71. The van der Waals surface area contributed by atoms with Gasteiger partial charge in [0.15, 0.2) is 5.96 Å². The summed E-state index contributed by atoms with van der Waals surface area (Å²) in [6.07, 6.45) is 1.08. The summed E-state index contributed by atoms with van der Waals surface area (Å²) in [6, 6.07) is 5.24. The maximum absolute atomic E-state index is 13.5. The van der Waals surface area contributed by atoms with E-state index in [0.29, 0.717) is 37.1 Å². The number of halogens is 1. The summed E-state index contributed by atoms with van der Waals surface area (Å²) in [6.45, 7) is 8.78. The van der Waals surface area contributed by atoms with Crippen LogP contribution in [0.1, 0.15) is 31.4 Å². The minimum absolute atomic E-state index is 0.180. The average Bonchev–Trinajstić information content (AvgIpc) is 2.49. The summed E-state index contributed by atoms with van der Waals surface area (Å²) < 4.78 is 19.0. The molecule has 22 heavy (non-hydrogen) atoms. The van der Waals surface area contributed by atoms with Gasteiger partial charge < -0.3 is 15.4 Å². The average molecular weight is 309 g/mol. The third kappa shape index (κ3) is 7.41. The Balaban J connectivity index is 2.23. The lowest BCUT2D eigenvalue weighted by Gasteiger charge is -2.13. The fraction of sp³-hybridized carbons (Fsp3) is 0.588. The van der Waals surface area contributed by atoms with E-state index in [9.17, 15) is 4.39 Å². The van der Waals surface area contributed by atoms with E-state index in [0.717, 1.165) is 18.6 Å². The van der Waals surface area contributed by atoms with Crippen LogP contribution < -0.4 is 10.6 Å². The van der Waals surface area contributed by atoms with Crippen molar-refractivity contribution in [2.24, 2.45) is 10.9 Å². The van der Waals surface area contributed by atoms with Crippen molar-refractivity contribution in [3.8, 4) is 0 Å². The highest BCUT2D eigenvalue weighted by Crippen LogP contribution is 2.08. The SMILES string of the molecule is CN=C(NCCOCCC(C)C)NCc1ccc(C)c(F)c1. The molecule has 2 N–H and O–H groups in total. The number of hydrogen-bond donors (Lipinski definition) is 2. The highest BCUT2D eigenvalue weighted by molar-refractivity contribution is 5.79. The topological polar surface area (TPSA) is 45.7 Å². The van der Waals surface area contributed by atoms with Crippen LogP contribution in [0.2, 0.25) is 0 Å². The van der Waals surface area contributed by atoms with Crippen molar-refractivity contribution < 1.29 is 9.13 Å². The van der Waals surface area contributed by atoms with Crippen molar-refractivity contribution in [2.75, 3.05) is 26.8 Å². The lowest BCUT2D eigenvalue weighted by molar-refractivity contribution is 0.128. The number of rotatable bonds is 8. The molecule has 1 aromatic rings. The quantitative estimate of drug-likeness (QED) is 0.441. The summed E-state index contributed by atoms with van der Waals surface area (Å²) >= 11 is 0. The molecule has 0 bridgehead atoms. The van der Waals surface area contributed by atoms with Crippen LogP contribution in [0.5, 0.6) is 0 Å². The molecule has 1 aromatic carbocycles. The van der Waals surface area contributed by atoms with Gasteiger partial charge in [0.2, 0.25) is 0 Å². The molecule has 5 heteroatoms. The summed E-state index contributed by atoms with van der Waals surface area (Å²) in [5.41, 5.74) is 1.55. The summed E-state index contributed by atoms with van der Waals surface area (Å²) in [5.74, 6) is 1.17. The fourth-order valence-corrected chi connectivity index (χ4v) is 1.82. The molecule has 124 valence electrons. The van der Waals surface area contributed by atoms with Crippen LogP contribution in [0.15, 0.2) is 23.2 Å². The van der Waals surface area contributed by atoms with Crippen molar-refractivity contribution in [3.63, 3.8) is 0 Å². The van der Waals surface area contributed by atoms with Crippen molar-refractivity contribution in [1.82, 2.24) is 10.6 Å². The van der Waals surface area contributed by atoms with E-state index in [-0.39, 0.29) is 5.82 Å². The normalized spacial score (nSPS) is 11.8. The zero-order valence-electron chi connectivity index (χ0n) is 14.1. The van der Waals surface area contributed by atoms with Gasteiger partial charge in [-0.2, -0.15) is 0 Å². The Morgan fingerprint density at radius 3 is 2.68 bits per heavy atom. The van der Waals surface area contributed by atoms with E-state index < -0.39 is 0 Å².